The van der Waals surface area contributed by atoms with Crippen LogP contribution in [0.2, 0.25) is 0 Å². The van der Waals surface area contributed by atoms with Crippen molar-refractivity contribution in [1.29, 1.82) is 0 Å². The zero-order chi connectivity index (χ0) is 15.7. The number of hydrogen-bond acceptors (Lipinski definition) is 2. The Bertz CT molecular complexity index is 707. The lowest BCUT2D eigenvalue weighted by atomic mass is 9.87. The minimum atomic E-state index is -0.754. The molecule has 5 heteroatoms. The fourth-order valence-electron chi connectivity index (χ4n) is 3.26. The largest absolute Gasteiger partial charge is 0.481 e. The molecule has 2 atom stereocenters. The Balaban J connectivity index is 1.69. The Hall–Kier alpha value is -2.30. The molecule has 2 unspecified atom stereocenters. The van der Waals surface area contributed by atoms with Crippen LogP contribution in [0.25, 0.3) is 10.9 Å². The first kappa shape index (κ1) is 14.6. The van der Waals surface area contributed by atoms with E-state index in [0.29, 0.717) is 26.1 Å². The van der Waals surface area contributed by atoms with Crippen LogP contribution >= 0.6 is 0 Å². The van der Waals surface area contributed by atoms with Crippen molar-refractivity contribution in [3.63, 3.8) is 0 Å². The zero-order valence-corrected chi connectivity index (χ0v) is 12.6. The quantitative estimate of drug-likeness (QED) is 0.945. The number of nitrogens with zero attached hydrogens (tertiary/aromatic N) is 2. The molecule has 1 aliphatic heterocycles. The van der Waals surface area contributed by atoms with E-state index < -0.39 is 5.97 Å². The maximum atomic E-state index is 12.5. The summed E-state index contributed by atoms with van der Waals surface area (Å²) in [5.41, 5.74) is 1.05. The molecule has 0 spiro atoms. The number of carbonyl (C=O) groups is 2. The summed E-state index contributed by atoms with van der Waals surface area (Å²) in [5, 5.41) is 10.3. The van der Waals surface area contributed by atoms with Gasteiger partial charge in [0, 0.05) is 24.8 Å². The topological polar surface area (TPSA) is 62.5 Å². The van der Waals surface area contributed by atoms with E-state index in [1.54, 1.807) is 4.90 Å². The van der Waals surface area contributed by atoms with Gasteiger partial charge in [-0.2, -0.15) is 0 Å². The lowest BCUT2D eigenvalue weighted by Crippen LogP contribution is -2.46. The Labute approximate surface area is 129 Å². The van der Waals surface area contributed by atoms with Gasteiger partial charge in [-0.1, -0.05) is 25.1 Å². The Morgan fingerprint density at radius 3 is 2.77 bits per heavy atom. The predicted octanol–water partition coefficient (Wildman–Crippen LogP) is 2.21. The molecule has 1 aromatic carbocycles. The van der Waals surface area contributed by atoms with Crippen molar-refractivity contribution in [2.45, 2.75) is 19.9 Å². The van der Waals surface area contributed by atoms with Gasteiger partial charge in [0.15, 0.2) is 0 Å². The molecule has 1 amide bonds. The smallest absolute Gasteiger partial charge is 0.306 e. The summed E-state index contributed by atoms with van der Waals surface area (Å²) in [5.74, 6) is -1.04. The molecule has 1 aromatic heterocycles. The van der Waals surface area contributed by atoms with Crippen molar-refractivity contribution >= 4 is 22.8 Å². The lowest BCUT2D eigenvalue weighted by molar-refractivity contribution is -0.148. The van der Waals surface area contributed by atoms with E-state index >= 15 is 0 Å². The van der Waals surface area contributed by atoms with E-state index in [2.05, 4.69) is 0 Å². The van der Waals surface area contributed by atoms with Crippen molar-refractivity contribution in [3.8, 4) is 0 Å². The van der Waals surface area contributed by atoms with Gasteiger partial charge >= 0.3 is 5.97 Å². The monoisotopic (exact) mass is 300 g/mol. The minimum absolute atomic E-state index is 0.00314. The average molecular weight is 300 g/mol. The van der Waals surface area contributed by atoms with Gasteiger partial charge in [-0.15, -0.1) is 0 Å². The van der Waals surface area contributed by atoms with Crippen LogP contribution in [0.4, 0.5) is 0 Å². The SMILES string of the molecule is CC1CN(C(=O)Cn2ccc3ccccc32)CCC1C(=O)O. The number of hydrogen-bond donors (Lipinski definition) is 1. The number of carboxylic acid groups (broad SMARTS) is 1. The number of rotatable bonds is 3. The van der Waals surface area contributed by atoms with Crippen LogP contribution in [-0.2, 0) is 16.1 Å². The predicted molar refractivity (Wildman–Crippen MR) is 83.4 cm³/mol. The lowest BCUT2D eigenvalue weighted by Gasteiger charge is -2.35. The molecule has 0 saturated carbocycles. The molecule has 1 saturated heterocycles. The maximum absolute atomic E-state index is 12.5. The van der Waals surface area contributed by atoms with Gasteiger partial charge in [0.05, 0.1) is 5.92 Å². The third-order valence-corrected chi connectivity index (χ3v) is 4.56. The molecular formula is C17H20N2O3. The summed E-state index contributed by atoms with van der Waals surface area (Å²) < 4.78 is 1.95. The van der Waals surface area contributed by atoms with Gasteiger partial charge in [0.2, 0.25) is 5.91 Å². The zero-order valence-electron chi connectivity index (χ0n) is 12.6. The van der Waals surface area contributed by atoms with Gasteiger partial charge in [-0.25, -0.2) is 0 Å². The van der Waals surface area contributed by atoms with E-state index in [-0.39, 0.29) is 17.7 Å². The second-order valence-electron chi connectivity index (χ2n) is 6.05. The Kier molecular flexibility index (Phi) is 3.88. The third-order valence-electron chi connectivity index (χ3n) is 4.56. The second kappa shape index (κ2) is 5.83. The molecule has 0 radical (unpaired) electrons. The standard InChI is InChI=1S/C17H20N2O3/c1-12-10-19(9-7-14(12)17(21)22)16(20)11-18-8-6-13-4-2-3-5-15(13)18/h2-6,8,12,14H,7,9-11H2,1H3,(H,21,22). The van der Waals surface area contributed by atoms with E-state index in [1.165, 1.54) is 0 Å². The number of piperidine rings is 1. The number of carbonyl (C=O) groups excluding carboxylic acids is 1. The normalized spacial score (nSPS) is 22.0. The van der Waals surface area contributed by atoms with Crippen LogP contribution < -0.4 is 0 Å². The van der Waals surface area contributed by atoms with Gasteiger partial charge in [0.25, 0.3) is 0 Å². The summed E-state index contributed by atoms with van der Waals surface area (Å²) in [6.07, 6.45) is 2.46. The van der Waals surface area contributed by atoms with Gasteiger partial charge < -0.3 is 14.6 Å². The van der Waals surface area contributed by atoms with E-state index in [0.717, 1.165) is 10.9 Å². The van der Waals surface area contributed by atoms with Crippen LogP contribution in [0, 0.1) is 11.8 Å². The first-order valence-electron chi connectivity index (χ1n) is 7.60. The van der Waals surface area contributed by atoms with Crippen molar-refractivity contribution in [1.82, 2.24) is 9.47 Å². The van der Waals surface area contributed by atoms with Crippen LogP contribution in [0.3, 0.4) is 0 Å². The third kappa shape index (κ3) is 2.71. The molecule has 5 nitrogen and oxygen atoms in total. The summed E-state index contributed by atoms with van der Waals surface area (Å²) in [4.78, 5) is 25.4. The first-order chi connectivity index (χ1) is 10.6. The van der Waals surface area contributed by atoms with E-state index in [9.17, 15) is 9.59 Å². The molecule has 22 heavy (non-hydrogen) atoms. The molecule has 1 N–H and O–H groups in total. The molecule has 2 aromatic rings. The number of aliphatic carboxylic acids is 1. The highest BCUT2D eigenvalue weighted by molar-refractivity contribution is 5.83. The van der Waals surface area contributed by atoms with Crippen molar-refractivity contribution in [2.75, 3.05) is 13.1 Å². The minimum Gasteiger partial charge on any atom is -0.481 e. The number of carboxylic acids is 1. The van der Waals surface area contributed by atoms with Gasteiger partial charge in [-0.3, -0.25) is 9.59 Å². The second-order valence-corrected chi connectivity index (χ2v) is 6.05. The molecule has 1 fully saturated rings. The Morgan fingerprint density at radius 2 is 2.05 bits per heavy atom. The number of benzene rings is 1. The molecule has 0 bridgehead atoms. The van der Waals surface area contributed by atoms with Crippen LogP contribution in [0.15, 0.2) is 36.5 Å². The fraction of sp³-hybridized carbons (Fsp3) is 0.412. The van der Waals surface area contributed by atoms with Crippen LogP contribution in [-0.4, -0.2) is 39.5 Å². The summed E-state index contributed by atoms with van der Waals surface area (Å²) in [7, 11) is 0. The maximum Gasteiger partial charge on any atom is 0.306 e. The number of aromatic nitrogens is 1. The Morgan fingerprint density at radius 1 is 1.27 bits per heavy atom. The molecule has 0 aliphatic carbocycles. The van der Waals surface area contributed by atoms with Crippen LogP contribution in [0.1, 0.15) is 13.3 Å². The van der Waals surface area contributed by atoms with E-state index in [1.807, 2.05) is 48.0 Å². The highest BCUT2D eigenvalue weighted by Gasteiger charge is 2.32. The van der Waals surface area contributed by atoms with E-state index in [4.69, 9.17) is 5.11 Å². The number of likely N-dealkylation sites (tertiary alicyclic amines) is 1. The number of para-hydroxylation sites is 1. The van der Waals surface area contributed by atoms with Gasteiger partial charge in [0.1, 0.15) is 6.54 Å². The van der Waals surface area contributed by atoms with Gasteiger partial charge in [-0.05, 0) is 29.9 Å². The fourth-order valence-corrected chi connectivity index (χ4v) is 3.26. The molecule has 116 valence electrons. The molecule has 3 rings (SSSR count). The molecule has 2 heterocycles. The van der Waals surface area contributed by atoms with Crippen molar-refractivity contribution in [2.24, 2.45) is 11.8 Å². The summed E-state index contributed by atoms with van der Waals surface area (Å²) >= 11 is 0. The van der Waals surface area contributed by atoms with Crippen molar-refractivity contribution in [3.05, 3.63) is 36.5 Å². The van der Waals surface area contributed by atoms with Crippen molar-refractivity contribution < 1.29 is 14.7 Å². The molecule has 1 aliphatic rings. The van der Waals surface area contributed by atoms with Crippen LogP contribution in [0.5, 0.6) is 0 Å². The average Bonchev–Trinajstić information content (AvgIpc) is 2.90. The highest BCUT2D eigenvalue weighted by atomic mass is 16.4. The summed E-state index contributed by atoms with van der Waals surface area (Å²) in [6, 6.07) is 9.97. The number of fused-ring (bicyclic) bond motifs is 1. The first-order valence-corrected chi connectivity index (χ1v) is 7.60. The number of amides is 1. The highest BCUT2D eigenvalue weighted by Crippen LogP contribution is 2.24. The summed E-state index contributed by atoms with van der Waals surface area (Å²) in [6.45, 7) is 3.26. The molecular weight excluding hydrogens is 280 g/mol.